The van der Waals surface area contributed by atoms with Crippen molar-refractivity contribution >= 4 is 17.3 Å². The lowest BCUT2D eigenvalue weighted by molar-refractivity contribution is -0.384. The molecule has 0 bridgehead atoms. The van der Waals surface area contributed by atoms with E-state index in [-0.39, 0.29) is 11.6 Å². The number of nitro groups is 1. The molecule has 1 amide bonds. The molecule has 0 aliphatic heterocycles. The number of hydrogen-bond donors (Lipinski definition) is 2. The van der Waals surface area contributed by atoms with E-state index in [4.69, 9.17) is 0 Å². The second kappa shape index (κ2) is 9.75. The van der Waals surface area contributed by atoms with E-state index in [0.717, 1.165) is 29.7 Å². The summed E-state index contributed by atoms with van der Waals surface area (Å²) in [5.74, 6) is -0.212. The van der Waals surface area contributed by atoms with Gasteiger partial charge in [-0.1, -0.05) is 60.7 Å². The molecule has 0 unspecified atom stereocenters. The van der Waals surface area contributed by atoms with Crippen molar-refractivity contribution < 1.29 is 9.72 Å². The Morgan fingerprint density at radius 2 is 1.75 bits per heavy atom. The predicted molar refractivity (Wildman–Crippen MR) is 126 cm³/mol. The molecule has 3 aromatic carbocycles. The Kier molecular flexibility index (Phi) is 6.41. The molecule has 0 heterocycles. The van der Waals surface area contributed by atoms with E-state index in [9.17, 15) is 14.9 Å². The molecule has 6 nitrogen and oxygen atoms in total. The van der Waals surface area contributed by atoms with Gasteiger partial charge in [0.1, 0.15) is 5.69 Å². The second-order valence-electron chi connectivity index (χ2n) is 7.47. The molecule has 3 aromatic rings. The zero-order chi connectivity index (χ0) is 22.3. The van der Waals surface area contributed by atoms with Crippen LogP contribution in [0.5, 0.6) is 0 Å². The summed E-state index contributed by atoms with van der Waals surface area (Å²) in [6, 6.07) is 21.8. The number of nitrogens with zero attached hydrogens (tertiary/aromatic N) is 1. The lowest BCUT2D eigenvalue weighted by Crippen LogP contribution is -2.23. The van der Waals surface area contributed by atoms with Gasteiger partial charge in [0.05, 0.1) is 4.92 Å². The molecule has 32 heavy (non-hydrogen) atoms. The number of nitro benzene ring substituents is 1. The molecule has 4 rings (SSSR count). The standard InChI is InChI=1S/C26H23N3O3/c30-26(28-21-11-5-2-6-12-21)23-14-8-7-13-22(23)20-15-16-25(29(31)32)24(17-20)27-18-19-9-3-1-4-10-19/h1,3-5,7-17,27H,2,6,18H2,(H,28,30). The number of anilines is 1. The molecular formula is C26H23N3O3. The fourth-order valence-corrected chi connectivity index (χ4v) is 3.63. The minimum atomic E-state index is -0.405. The molecule has 160 valence electrons. The molecular weight excluding hydrogens is 402 g/mol. The van der Waals surface area contributed by atoms with Gasteiger partial charge in [-0.3, -0.25) is 14.9 Å². The summed E-state index contributed by atoms with van der Waals surface area (Å²) < 4.78 is 0. The van der Waals surface area contributed by atoms with E-state index in [2.05, 4.69) is 10.6 Å². The van der Waals surface area contributed by atoms with Crippen LogP contribution in [0.2, 0.25) is 0 Å². The number of amides is 1. The number of rotatable bonds is 7. The number of carbonyl (C=O) groups is 1. The number of benzene rings is 3. The van der Waals surface area contributed by atoms with Crippen LogP contribution in [-0.2, 0) is 6.54 Å². The van der Waals surface area contributed by atoms with Gasteiger partial charge in [0.15, 0.2) is 0 Å². The van der Waals surface area contributed by atoms with Crippen LogP contribution < -0.4 is 10.6 Å². The number of carbonyl (C=O) groups excluding carboxylic acids is 1. The lowest BCUT2D eigenvalue weighted by Gasteiger charge is -2.14. The maximum absolute atomic E-state index is 13.0. The molecule has 1 aliphatic carbocycles. The topological polar surface area (TPSA) is 84.3 Å². The normalized spacial score (nSPS) is 12.7. The van der Waals surface area contributed by atoms with E-state index in [0.29, 0.717) is 23.4 Å². The van der Waals surface area contributed by atoms with Gasteiger partial charge in [0, 0.05) is 23.9 Å². The third-order valence-corrected chi connectivity index (χ3v) is 5.25. The van der Waals surface area contributed by atoms with Crippen LogP contribution in [-0.4, -0.2) is 10.8 Å². The van der Waals surface area contributed by atoms with Crippen molar-refractivity contribution in [1.82, 2.24) is 5.32 Å². The van der Waals surface area contributed by atoms with Gasteiger partial charge < -0.3 is 10.6 Å². The largest absolute Gasteiger partial charge is 0.375 e. The molecule has 0 saturated carbocycles. The number of hydrogen-bond acceptors (Lipinski definition) is 4. The maximum atomic E-state index is 13.0. The Bertz CT molecular complexity index is 1200. The van der Waals surface area contributed by atoms with E-state index in [1.807, 2.05) is 66.8 Å². The molecule has 0 radical (unpaired) electrons. The average molecular weight is 425 g/mol. The van der Waals surface area contributed by atoms with Crippen molar-refractivity contribution in [2.75, 3.05) is 5.32 Å². The van der Waals surface area contributed by atoms with Gasteiger partial charge in [-0.05, 0) is 53.8 Å². The van der Waals surface area contributed by atoms with Crippen LogP contribution in [0.25, 0.3) is 11.1 Å². The Morgan fingerprint density at radius 1 is 0.969 bits per heavy atom. The third-order valence-electron chi connectivity index (χ3n) is 5.25. The van der Waals surface area contributed by atoms with E-state index >= 15 is 0 Å². The first-order valence-electron chi connectivity index (χ1n) is 10.5. The van der Waals surface area contributed by atoms with E-state index in [1.54, 1.807) is 18.2 Å². The second-order valence-corrected chi connectivity index (χ2v) is 7.47. The Morgan fingerprint density at radius 3 is 2.50 bits per heavy atom. The van der Waals surface area contributed by atoms with E-state index in [1.165, 1.54) is 6.07 Å². The summed E-state index contributed by atoms with van der Waals surface area (Å²) in [6.07, 6.45) is 7.80. The quantitative estimate of drug-likeness (QED) is 0.368. The summed E-state index contributed by atoms with van der Waals surface area (Å²) in [6.45, 7) is 0.452. The molecule has 0 atom stereocenters. The SMILES string of the molecule is O=C(NC1=CCCC=C1)c1ccccc1-c1ccc([N+](=O)[O-])c(NCc2ccccc2)c1. The molecule has 0 fully saturated rings. The maximum Gasteiger partial charge on any atom is 0.292 e. The summed E-state index contributed by atoms with van der Waals surface area (Å²) in [5.41, 5.74) is 4.14. The molecule has 0 aromatic heterocycles. The van der Waals surface area contributed by atoms with Crippen LogP contribution >= 0.6 is 0 Å². The van der Waals surface area contributed by atoms with Gasteiger partial charge >= 0.3 is 0 Å². The smallest absolute Gasteiger partial charge is 0.292 e. The minimum absolute atomic E-state index is 0.0101. The van der Waals surface area contributed by atoms with Crippen LogP contribution in [0.1, 0.15) is 28.8 Å². The summed E-state index contributed by atoms with van der Waals surface area (Å²) in [5, 5.41) is 17.7. The number of nitrogens with one attached hydrogen (secondary N) is 2. The molecule has 2 N–H and O–H groups in total. The zero-order valence-electron chi connectivity index (χ0n) is 17.5. The molecule has 1 aliphatic rings. The highest BCUT2D eigenvalue weighted by molar-refractivity contribution is 6.02. The highest BCUT2D eigenvalue weighted by atomic mass is 16.6. The monoisotopic (exact) mass is 425 g/mol. The first-order valence-corrected chi connectivity index (χ1v) is 10.5. The van der Waals surface area contributed by atoms with Gasteiger partial charge in [0.2, 0.25) is 0 Å². The number of allylic oxidation sites excluding steroid dienone is 3. The minimum Gasteiger partial charge on any atom is -0.375 e. The van der Waals surface area contributed by atoms with Crippen molar-refractivity contribution in [3.63, 3.8) is 0 Å². The van der Waals surface area contributed by atoms with Crippen LogP contribution in [0.3, 0.4) is 0 Å². The Hall–Kier alpha value is -4.19. The highest BCUT2D eigenvalue weighted by Gasteiger charge is 2.18. The van der Waals surface area contributed by atoms with Gasteiger partial charge in [0.25, 0.3) is 11.6 Å². The van der Waals surface area contributed by atoms with Gasteiger partial charge in [-0.15, -0.1) is 0 Å². The first-order chi connectivity index (χ1) is 15.6. The zero-order valence-corrected chi connectivity index (χ0v) is 17.5. The lowest BCUT2D eigenvalue weighted by atomic mass is 9.98. The van der Waals surface area contributed by atoms with Crippen molar-refractivity contribution in [3.8, 4) is 11.1 Å². The van der Waals surface area contributed by atoms with Crippen molar-refractivity contribution in [1.29, 1.82) is 0 Å². The van der Waals surface area contributed by atoms with Crippen LogP contribution in [0.15, 0.2) is 96.7 Å². The molecule has 6 heteroatoms. The fraction of sp³-hybridized carbons (Fsp3) is 0.115. The summed E-state index contributed by atoms with van der Waals surface area (Å²) >= 11 is 0. The fourth-order valence-electron chi connectivity index (χ4n) is 3.63. The molecule has 0 saturated heterocycles. The third kappa shape index (κ3) is 4.92. The highest BCUT2D eigenvalue weighted by Crippen LogP contribution is 2.32. The summed E-state index contributed by atoms with van der Waals surface area (Å²) in [4.78, 5) is 24.1. The van der Waals surface area contributed by atoms with E-state index < -0.39 is 4.92 Å². The van der Waals surface area contributed by atoms with Crippen LogP contribution in [0, 0.1) is 10.1 Å². The van der Waals surface area contributed by atoms with Crippen molar-refractivity contribution in [2.24, 2.45) is 0 Å². The molecule has 0 spiro atoms. The van der Waals surface area contributed by atoms with Crippen molar-refractivity contribution in [2.45, 2.75) is 19.4 Å². The average Bonchev–Trinajstić information content (AvgIpc) is 2.83. The Balaban J connectivity index is 1.64. The first kappa shape index (κ1) is 21.1. The van der Waals surface area contributed by atoms with Crippen molar-refractivity contribution in [3.05, 3.63) is 118 Å². The summed E-state index contributed by atoms with van der Waals surface area (Å²) in [7, 11) is 0. The predicted octanol–water partition coefficient (Wildman–Crippen LogP) is 5.84. The van der Waals surface area contributed by atoms with Crippen LogP contribution in [0.4, 0.5) is 11.4 Å². The Labute approximate surface area is 186 Å². The van der Waals surface area contributed by atoms with Gasteiger partial charge in [-0.25, -0.2) is 0 Å². The van der Waals surface area contributed by atoms with Gasteiger partial charge in [-0.2, -0.15) is 0 Å².